The lowest BCUT2D eigenvalue weighted by Crippen LogP contribution is -2.22. The van der Waals surface area contributed by atoms with Gasteiger partial charge in [-0.2, -0.15) is 0 Å². The molecule has 0 radical (unpaired) electrons. The van der Waals surface area contributed by atoms with Crippen LogP contribution in [0.25, 0.3) is 0 Å². The van der Waals surface area contributed by atoms with Crippen LogP contribution < -0.4 is 15.1 Å². The minimum Gasteiger partial charge on any atom is -0.545 e. The number of benzene rings is 3. The predicted molar refractivity (Wildman–Crippen MR) is 107 cm³/mol. The van der Waals surface area contributed by atoms with Crippen LogP contribution in [0.3, 0.4) is 0 Å². The molecule has 148 valence electrons. The van der Waals surface area contributed by atoms with Gasteiger partial charge in [0.2, 0.25) is 0 Å². The molecule has 0 aliphatic heterocycles. The first-order valence-corrected chi connectivity index (χ1v) is 10.1. The Kier molecular flexibility index (Phi) is 5.65. The number of rotatable bonds is 6. The van der Waals surface area contributed by atoms with Gasteiger partial charge in [-0.1, -0.05) is 36.4 Å². The van der Waals surface area contributed by atoms with Gasteiger partial charge in [-0.25, -0.2) is 8.42 Å². The SMILES string of the molecule is Cc1ccccc1NC(=O)c1cccc(S(=O)(=O)Nc2cccc(C(=O)[O-])c2)c1. The molecule has 0 saturated carbocycles. The first kappa shape index (κ1) is 20.1. The Bertz CT molecular complexity index is 1190. The number of carbonyl (C=O) groups is 2. The van der Waals surface area contributed by atoms with E-state index in [9.17, 15) is 23.1 Å². The van der Waals surface area contributed by atoms with E-state index in [1.165, 1.54) is 42.5 Å². The summed E-state index contributed by atoms with van der Waals surface area (Å²) >= 11 is 0. The van der Waals surface area contributed by atoms with Gasteiger partial charge in [0.1, 0.15) is 0 Å². The molecule has 0 spiro atoms. The lowest BCUT2D eigenvalue weighted by atomic mass is 10.1. The van der Waals surface area contributed by atoms with Crippen molar-refractivity contribution in [1.82, 2.24) is 0 Å². The second-order valence-electron chi connectivity index (χ2n) is 6.27. The van der Waals surface area contributed by atoms with Crippen molar-refractivity contribution in [3.05, 3.63) is 89.5 Å². The van der Waals surface area contributed by atoms with Gasteiger partial charge in [-0.05, 0) is 54.4 Å². The number of aromatic carboxylic acids is 1. The molecule has 0 bridgehead atoms. The molecule has 0 aliphatic rings. The average molecular weight is 409 g/mol. The van der Waals surface area contributed by atoms with Crippen molar-refractivity contribution < 1.29 is 23.1 Å². The number of hydrogen-bond acceptors (Lipinski definition) is 5. The number of para-hydroxylation sites is 1. The number of carboxylic acid groups (broad SMARTS) is 1. The highest BCUT2D eigenvalue weighted by molar-refractivity contribution is 7.92. The Hall–Kier alpha value is -3.65. The summed E-state index contributed by atoms with van der Waals surface area (Å²) in [6.45, 7) is 1.85. The largest absolute Gasteiger partial charge is 0.545 e. The Morgan fingerprint density at radius 2 is 1.55 bits per heavy atom. The van der Waals surface area contributed by atoms with E-state index in [-0.39, 0.29) is 21.7 Å². The maximum absolute atomic E-state index is 12.7. The summed E-state index contributed by atoms with van der Waals surface area (Å²) in [5.41, 5.74) is 1.58. The molecule has 8 heteroatoms. The minimum absolute atomic E-state index is 0.0708. The van der Waals surface area contributed by atoms with Crippen LogP contribution in [0.4, 0.5) is 11.4 Å². The van der Waals surface area contributed by atoms with Crippen molar-refractivity contribution in [3.8, 4) is 0 Å². The average Bonchev–Trinajstić information content (AvgIpc) is 2.69. The van der Waals surface area contributed by atoms with E-state index in [4.69, 9.17) is 0 Å². The molecule has 1 amide bonds. The van der Waals surface area contributed by atoms with Gasteiger partial charge in [0, 0.05) is 16.9 Å². The molecule has 2 N–H and O–H groups in total. The molecule has 7 nitrogen and oxygen atoms in total. The number of amides is 1. The molecule has 0 aromatic heterocycles. The van der Waals surface area contributed by atoms with E-state index in [0.29, 0.717) is 5.69 Å². The highest BCUT2D eigenvalue weighted by atomic mass is 32.2. The summed E-state index contributed by atoms with van der Waals surface area (Å²) in [5, 5.41) is 13.7. The fourth-order valence-electron chi connectivity index (χ4n) is 2.64. The van der Waals surface area contributed by atoms with Gasteiger partial charge in [0.25, 0.3) is 15.9 Å². The van der Waals surface area contributed by atoms with Crippen LogP contribution in [0.1, 0.15) is 26.3 Å². The van der Waals surface area contributed by atoms with Crippen LogP contribution in [0.15, 0.2) is 77.7 Å². The Morgan fingerprint density at radius 3 is 2.28 bits per heavy atom. The molecular weight excluding hydrogens is 392 g/mol. The minimum atomic E-state index is -4.04. The number of carboxylic acids is 1. The van der Waals surface area contributed by atoms with Crippen molar-refractivity contribution >= 4 is 33.3 Å². The van der Waals surface area contributed by atoms with Gasteiger partial charge in [0.15, 0.2) is 0 Å². The number of nitrogens with one attached hydrogen (secondary N) is 2. The highest BCUT2D eigenvalue weighted by Crippen LogP contribution is 2.20. The zero-order valence-electron chi connectivity index (χ0n) is 15.4. The molecule has 0 atom stereocenters. The predicted octanol–water partition coefficient (Wildman–Crippen LogP) is 2.41. The van der Waals surface area contributed by atoms with Crippen molar-refractivity contribution in [2.75, 3.05) is 10.0 Å². The molecule has 3 rings (SSSR count). The molecule has 0 fully saturated rings. The van der Waals surface area contributed by atoms with E-state index in [1.54, 1.807) is 12.1 Å². The molecule has 0 saturated heterocycles. The summed E-state index contributed by atoms with van der Waals surface area (Å²) in [6.07, 6.45) is 0. The fraction of sp³-hybridized carbons (Fsp3) is 0.0476. The molecule has 0 heterocycles. The number of hydrogen-bond donors (Lipinski definition) is 2. The second-order valence-corrected chi connectivity index (χ2v) is 7.95. The molecular formula is C21H17N2O5S-. The summed E-state index contributed by atoms with van der Waals surface area (Å²) < 4.78 is 27.6. The number of sulfonamides is 1. The third-order valence-corrected chi connectivity index (χ3v) is 5.53. The van der Waals surface area contributed by atoms with Crippen molar-refractivity contribution in [2.24, 2.45) is 0 Å². The van der Waals surface area contributed by atoms with Crippen LogP contribution in [0.5, 0.6) is 0 Å². The first-order valence-electron chi connectivity index (χ1n) is 8.57. The lowest BCUT2D eigenvalue weighted by Gasteiger charge is -2.12. The first-order chi connectivity index (χ1) is 13.8. The third kappa shape index (κ3) is 4.80. The van der Waals surface area contributed by atoms with Crippen LogP contribution in [0, 0.1) is 6.92 Å². The van der Waals surface area contributed by atoms with E-state index in [0.717, 1.165) is 11.6 Å². The van der Waals surface area contributed by atoms with Gasteiger partial charge in [0.05, 0.1) is 10.9 Å². The molecule has 3 aromatic carbocycles. The second kappa shape index (κ2) is 8.15. The Balaban J connectivity index is 1.84. The summed E-state index contributed by atoms with van der Waals surface area (Å²) in [6, 6.07) is 18.0. The summed E-state index contributed by atoms with van der Waals surface area (Å²) in [7, 11) is -4.04. The van der Waals surface area contributed by atoms with E-state index >= 15 is 0 Å². The van der Waals surface area contributed by atoms with Crippen LogP contribution >= 0.6 is 0 Å². The molecule has 3 aromatic rings. The number of carbonyl (C=O) groups excluding carboxylic acids is 2. The third-order valence-electron chi connectivity index (χ3n) is 4.15. The smallest absolute Gasteiger partial charge is 0.261 e. The van der Waals surface area contributed by atoms with Crippen LogP contribution in [-0.2, 0) is 10.0 Å². The summed E-state index contributed by atoms with van der Waals surface area (Å²) in [5.74, 6) is -1.86. The number of aryl methyl sites for hydroxylation is 1. The standard InChI is InChI=1S/C21H18N2O5S/c1-14-6-2-3-11-19(14)22-20(24)15-7-5-10-18(13-15)29(27,28)23-17-9-4-8-16(12-17)21(25)26/h2-13,23H,1H3,(H,22,24)(H,25,26)/p-1. The lowest BCUT2D eigenvalue weighted by molar-refractivity contribution is -0.255. The van der Waals surface area contributed by atoms with Gasteiger partial charge in [-0.15, -0.1) is 0 Å². The topological polar surface area (TPSA) is 115 Å². The maximum Gasteiger partial charge on any atom is 0.261 e. The van der Waals surface area contributed by atoms with Gasteiger partial charge < -0.3 is 15.2 Å². The van der Waals surface area contributed by atoms with Gasteiger partial charge >= 0.3 is 0 Å². The molecule has 29 heavy (non-hydrogen) atoms. The Labute approximate surface area is 168 Å². The van der Waals surface area contributed by atoms with Gasteiger partial charge in [-0.3, -0.25) is 9.52 Å². The van der Waals surface area contributed by atoms with Crippen molar-refractivity contribution in [1.29, 1.82) is 0 Å². The monoisotopic (exact) mass is 409 g/mol. The number of anilines is 2. The Morgan fingerprint density at radius 1 is 0.862 bits per heavy atom. The van der Waals surface area contributed by atoms with Crippen molar-refractivity contribution in [3.63, 3.8) is 0 Å². The van der Waals surface area contributed by atoms with Crippen LogP contribution in [0.2, 0.25) is 0 Å². The van der Waals surface area contributed by atoms with E-state index < -0.39 is 21.9 Å². The zero-order chi connectivity index (χ0) is 21.0. The van der Waals surface area contributed by atoms with Crippen LogP contribution in [-0.4, -0.2) is 20.3 Å². The van der Waals surface area contributed by atoms with E-state index in [1.807, 2.05) is 19.1 Å². The zero-order valence-corrected chi connectivity index (χ0v) is 16.2. The van der Waals surface area contributed by atoms with Crippen molar-refractivity contribution in [2.45, 2.75) is 11.8 Å². The quantitative estimate of drug-likeness (QED) is 0.649. The molecule has 0 aliphatic carbocycles. The normalized spacial score (nSPS) is 10.9. The summed E-state index contributed by atoms with van der Waals surface area (Å²) in [4.78, 5) is 23.3. The maximum atomic E-state index is 12.7. The van der Waals surface area contributed by atoms with E-state index in [2.05, 4.69) is 10.0 Å². The molecule has 0 unspecified atom stereocenters. The fourth-order valence-corrected chi connectivity index (χ4v) is 3.73. The highest BCUT2D eigenvalue weighted by Gasteiger charge is 2.17.